The predicted molar refractivity (Wildman–Crippen MR) is 98.7 cm³/mol. The summed E-state index contributed by atoms with van der Waals surface area (Å²) in [7, 11) is 1.56. The van der Waals surface area contributed by atoms with Gasteiger partial charge in [-0.05, 0) is 36.6 Å². The summed E-state index contributed by atoms with van der Waals surface area (Å²) >= 11 is 7.66. The molecule has 0 fully saturated rings. The number of methoxy groups -OCH3 is 1. The number of aryl methyl sites for hydroxylation is 2. The third-order valence-corrected chi connectivity index (χ3v) is 4.90. The smallest absolute Gasteiger partial charge is 0.234 e. The molecule has 0 aliphatic rings. The summed E-state index contributed by atoms with van der Waals surface area (Å²) in [6.07, 6.45) is 0. The summed E-state index contributed by atoms with van der Waals surface area (Å²) in [5, 5.41) is 3.51. The minimum Gasteiger partial charge on any atom is -0.495 e. The summed E-state index contributed by atoms with van der Waals surface area (Å²) in [6.45, 7) is 3.97. The second-order valence-electron chi connectivity index (χ2n) is 5.27. The van der Waals surface area contributed by atoms with E-state index < -0.39 is 0 Å². The average molecular weight is 350 g/mol. The van der Waals surface area contributed by atoms with Gasteiger partial charge < -0.3 is 10.1 Å². The van der Waals surface area contributed by atoms with Gasteiger partial charge >= 0.3 is 0 Å². The Hall–Kier alpha value is -1.65. The van der Waals surface area contributed by atoms with E-state index in [9.17, 15) is 4.79 Å². The van der Waals surface area contributed by atoms with Crippen molar-refractivity contribution in [1.29, 1.82) is 0 Å². The minimum absolute atomic E-state index is 0.0522. The lowest BCUT2D eigenvalue weighted by atomic mass is 10.1. The fraction of sp³-hybridized carbons (Fsp3) is 0.278. The molecular formula is C18H20ClNO2S. The highest BCUT2D eigenvalue weighted by molar-refractivity contribution is 7.99. The lowest BCUT2D eigenvalue weighted by Gasteiger charge is -2.12. The number of thioether (sulfide) groups is 1. The summed E-state index contributed by atoms with van der Waals surface area (Å²) < 4.78 is 5.27. The Kier molecular flexibility index (Phi) is 6.37. The highest BCUT2D eigenvalue weighted by Gasteiger charge is 2.10. The second-order valence-corrected chi connectivity index (χ2v) is 6.66. The predicted octanol–water partition coefficient (Wildman–Crippen LogP) is 4.84. The molecule has 5 heteroatoms. The lowest BCUT2D eigenvalue weighted by Crippen LogP contribution is -2.15. The quantitative estimate of drug-likeness (QED) is 0.811. The van der Waals surface area contributed by atoms with Crippen LogP contribution in [-0.4, -0.2) is 18.8 Å². The van der Waals surface area contributed by atoms with Gasteiger partial charge in [0.2, 0.25) is 5.91 Å². The first-order chi connectivity index (χ1) is 11.0. The van der Waals surface area contributed by atoms with E-state index in [0.29, 0.717) is 22.2 Å². The largest absolute Gasteiger partial charge is 0.495 e. The molecule has 0 saturated heterocycles. The highest BCUT2D eigenvalue weighted by Crippen LogP contribution is 2.31. The van der Waals surface area contributed by atoms with Gasteiger partial charge in [-0.1, -0.05) is 35.9 Å². The maximum atomic E-state index is 12.1. The van der Waals surface area contributed by atoms with Crippen molar-refractivity contribution in [3.05, 3.63) is 58.1 Å². The van der Waals surface area contributed by atoms with Gasteiger partial charge in [0.05, 0.1) is 18.6 Å². The number of hydrogen-bond acceptors (Lipinski definition) is 3. The zero-order chi connectivity index (χ0) is 16.8. The number of halogens is 1. The van der Waals surface area contributed by atoms with E-state index in [0.717, 1.165) is 11.3 Å². The maximum absolute atomic E-state index is 12.1. The molecule has 2 aromatic carbocycles. The van der Waals surface area contributed by atoms with Crippen LogP contribution in [0.1, 0.15) is 16.7 Å². The number of carbonyl (C=O) groups is 1. The topological polar surface area (TPSA) is 38.3 Å². The standard InChI is InChI=1S/C18H20ClNO2S/c1-12-6-4-5-7-14(12)10-23-11-18(21)20-16-8-13(2)15(19)9-17(16)22-3/h4-9H,10-11H2,1-3H3,(H,20,21). The number of amides is 1. The normalized spacial score (nSPS) is 10.4. The SMILES string of the molecule is COc1cc(Cl)c(C)cc1NC(=O)CSCc1ccccc1C. The Bertz CT molecular complexity index is 703. The van der Waals surface area contributed by atoms with E-state index in [1.165, 1.54) is 11.1 Å². The van der Waals surface area contributed by atoms with Gasteiger partial charge in [-0.2, -0.15) is 0 Å². The van der Waals surface area contributed by atoms with Gasteiger partial charge in [-0.3, -0.25) is 4.79 Å². The number of anilines is 1. The van der Waals surface area contributed by atoms with Crippen molar-refractivity contribution in [1.82, 2.24) is 0 Å². The number of rotatable bonds is 6. The molecule has 0 spiro atoms. The van der Waals surface area contributed by atoms with Gasteiger partial charge in [0, 0.05) is 16.8 Å². The molecule has 0 atom stereocenters. The molecule has 3 nitrogen and oxygen atoms in total. The van der Waals surface area contributed by atoms with Crippen LogP contribution in [0.5, 0.6) is 5.75 Å². The molecule has 0 aliphatic carbocycles. The number of hydrogen-bond donors (Lipinski definition) is 1. The summed E-state index contributed by atoms with van der Waals surface area (Å²) in [5.41, 5.74) is 4.05. The number of nitrogens with one attached hydrogen (secondary N) is 1. The van der Waals surface area contributed by atoms with Crippen LogP contribution in [0, 0.1) is 13.8 Å². The molecule has 0 bridgehead atoms. The van der Waals surface area contributed by atoms with Crippen molar-refractivity contribution in [3.8, 4) is 5.75 Å². The van der Waals surface area contributed by atoms with Crippen molar-refractivity contribution < 1.29 is 9.53 Å². The van der Waals surface area contributed by atoms with E-state index in [4.69, 9.17) is 16.3 Å². The number of ether oxygens (including phenoxy) is 1. The van der Waals surface area contributed by atoms with Crippen molar-refractivity contribution in [2.24, 2.45) is 0 Å². The third-order valence-electron chi connectivity index (χ3n) is 3.51. The summed E-state index contributed by atoms with van der Waals surface area (Å²) in [5.74, 6) is 1.72. The molecule has 2 aromatic rings. The first-order valence-corrected chi connectivity index (χ1v) is 8.80. The third kappa shape index (κ3) is 4.91. The van der Waals surface area contributed by atoms with E-state index >= 15 is 0 Å². The van der Waals surface area contributed by atoms with E-state index in [2.05, 4.69) is 24.4 Å². The van der Waals surface area contributed by atoms with Gasteiger partial charge in [0.1, 0.15) is 5.75 Å². The van der Waals surface area contributed by atoms with E-state index in [1.807, 2.05) is 25.1 Å². The molecule has 0 saturated carbocycles. The Morgan fingerprint density at radius 2 is 1.96 bits per heavy atom. The lowest BCUT2D eigenvalue weighted by molar-refractivity contribution is -0.113. The molecule has 122 valence electrons. The zero-order valence-electron chi connectivity index (χ0n) is 13.5. The molecule has 0 radical (unpaired) electrons. The second kappa shape index (κ2) is 8.27. The highest BCUT2D eigenvalue weighted by atomic mass is 35.5. The molecule has 2 rings (SSSR count). The first kappa shape index (κ1) is 17.7. The van der Waals surface area contributed by atoms with Gasteiger partial charge in [0.15, 0.2) is 0 Å². The Balaban J connectivity index is 1.93. The molecule has 0 aliphatic heterocycles. The Morgan fingerprint density at radius 1 is 1.22 bits per heavy atom. The van der Waals surface area contributed by atoms with Crippen LogP contribution < -0.4 is 10.1 Å². The fourth-order valence-electron chi connectivity index (χ4n) is 2.14. The van der Waals surface area contributed by atoms with E-state index in [-0.39, 0.29) is 5.91 Å². The van der Waals surface area contributed by atoms with Crippen molar-refractivity contribution in [3.63, 3.8) is 0 Å². The van der Waals surface area contributed by atoms with Gasteiger partial charge in [-0.15, -0.1) is 11.8 Å². The van der Waals surface area contributed by atoms with Gasteiger partial charge in [-0.25, -0.2) is 0 Å². The number of benzene rings is 2. The first-order valence-electron chi connectivity index (χ1n) is 7.27. The van der Waals surface area contributed by atoms with Crippen LogP contribution in [-0.2, 0) is 10.5 Å². The van der Waals surface area contributed by atoms with Crippen molar-refractivity contribution >= 4 is 35.0 Å². The molecule has 0 unspecified atom stereocenters. The minimum atomic E-state index is -0.0522. The van der Waals surface area contributed by atoms with Gasteiger partial charge in [0.25, 0.3) is 0 Å². The molecule has 23 heavy (non-hydrogen) atoms. The summed E-state index contributed by atoms with van der Waals surface area (Å²) in [4.78, 5) is 12.1. The fourth-order valence-corrected chi connectivity index (χ4v) is 3.20. The zero-order valence-corrected chi connectivity index (χ0v) is 15.1. The van der Waals surface area contributed by atoms with Crippen molar-refractivity contribution in [2.75, 3.05) is 18.2 Å². The van der Waals surface area contributed by atoms with Crippen molar-refractivity contribution in [2.45, 2.75) is 19.6 Å². The molecule has 1 N–H and O–H groups in total. The Labute approximate surface area is 146 Å². The molecule has 0 heterocycles. The maximum Gasteiger partial charge on any atom is 0.234 e. The molecule has 0 aromatic heterocycles. The molecule has 1 amide bonds. The average Bonchev–Trinajstić information content (AvgIpc) is 2.52. The molecular weight excluding hydrogens is 330 g/mol. The van der Waals surface area contributed by atoms with Crippen LogP contribution in [0.25, 0.3) is 0 Å². The van der Waals surface area contributed by atoms with Crippen LogP contribution in [0.4, 0.5) is 5.69 Å². The van der Waals surface area contributed by atoms with Crippen LogP contribution in [0.3, 0.4) is 0 Å². The van der Waals surface area contributed by atoms with Crippen LogP contribution >= 0.6 is 23.4 Å². The van der Waals surface area contributed by atoms with Crippen LogP contribution in [0.15, 0.2) is 36.4 Å². The van der Waals surface area contributed by atoms with Crippen LogP contribution in [0.2, 0.25) is 5.02 Å². The Morgan fingerprint density at radius 3 is 2.65 bits per heavy atom. The summed E-state index contributed by atoms with van der Waals surface area (Å²) in [6, 6.07) is 11.7. The number of carbonyl (C=O) groups excluding carboxylic acids is 1. The van der Waals surface area contributed by atoms with E-state index in [1.54, 1.807) is 24.9 Å². The monoisotopic (exact) mass is 349 g/mol.